The molecule has 5 rings (SSSR count). The van der Waals surface area contributed by atoms with Crippen molar-refractivity contribution in [3.05, 3.63) is 72.8 Å². The second kappa shape index (κ2) is 6.06. The predicted octanol–water partition coefficient (Wildman–Crippen LogP) is 6.42. The fraction of sp³-hybridized carbons (Fsp3) is 0.0833. The highest BCUT2D eigenvalue weighted by Crippen LogP contribution is 2.41. The Balaban J connectivity index is 1.91. The van der Waals surface area contributed by atoms with Crippen LogP contribution in [-0.2, 0) is 0 Å². The number of ether oxygens (including phenoxy) is 2. The summed E-state index contributed by atoms with van der Waals surface area (Å²) >= 11 is 0. The molecule has 132 valence electrons. The molecular weight excluding hydrogens is 336 g/mol. The van der Waals surface area contributed by atoms with Gasteiger partial charge in [-0.15, -0.1) is 0 Å². The van der Waals surface area contributed by atoms with Crippen LogP contribution in [0.2, 0.25) is 0 Å². The van der Waals surface area contributed by atoms with Crippen molar-refractivity contribution in [1.29, 1.82) is 0 Å². The second-order valence-electron chi connectivity index (χ2n) is 6.54. The predicted molar refractivity (Wildman–Crippen MR) is 110 cm³/mol. The first-order valence-electron chi connectivity index (χ1n) is 8.85. The SMILES string of the molecule is COc1ccc(-c2cc3ccccc3c3c2oc2cc(OC)ccc23)cc1. The van der Waals surface area contributed by atoms with Gasteiger partial charge in [-0.25, -0.2) is 0 Å². The fourth-order valence-corrected chi connectivity index (χ4v) is 3.72. The molecule has 3 nitrogen and oxygen atoms in total. The van der Waals surface area contributed by atoms with E-state index in [1.165, 1.54) is 10.8 Å². The Morgan fingerprint density at radius 2 is 1.44 bits per heavy atom. The van der Waals surface area contributed by atoms with Gasteiger partial charge in [-0.3, -0.25) is 0 Å². The summed E-state index contributed by atoms with van der Waals surface area (Å²) in [5.41, 5.74) is 3.89. The third-order valence-electron chi connectivity index (χ3n) is 5.07. The van der Waals surface area contributed by atoms with E-state index in [0.29, 0.717) is 0 Å². The van der Waals surface area contributed by atoms with Gasteiger partial charge in [-0.2, -0.15) is 0 Å². The van der Waals surface area contributed by atoms with Crippen LogP contribution >= 0.6 is 0 Å². The van der Waals surface area contributed by atoms with Crippen LogP contribution in [0.1, 0.15) is 0 Å². The van der Waals surface area contributed by atoms with E-state index in [0.717, 1.165) is 44.6 Å². The number of hydrogen-bond acceptors (Lipinski definition) is 3. The summed E-state index contributed by atoms with van der Waals surface area (Å²) < 4.78 is 17.0. The highest BCUT2D eigenvalue weighted by atomic mass is 16.5. The van der Waals surface area contributed by atoms with Crippen molar-refractivity contribution in [1.82, 2.24) is 0 Å². The van der Waals surface area contributed by atoms with Crippen LogP contribution < -0.4 is 9.47 Å². The van der Waals surface area contributed by atoms with E-state index in [1.54, 1.807) is 14.2 Å². The van der Waals surface area contributed by atoms with Gasteiger partial charge in [0.05, 0.1) is 14.2 Å². The fourth-order valence-electron chi connectivity index (χ4n) is 3.72. The van der Waals surface area contributed by atoms with E-state index in [1.807, 2.05) is 24.3 Å². The largest absolute Gasteiger partial charge is 0.497 e. The highest BCUT2D eigenvalue weighted by molar-refractivity contribution is 6.22. The molecule has 4 aromatic carbocycles. The van der Waals surface area contributed by atoms with Crippen molar-refractivity contribution in [2.24, 2.45) is 0 Å². The van der Waals surface area contributed by atoms with E-state index < -0.39 is 0 Å². The minimum Gasteiger partial charge on any atom is -0.497 e. The topological polar surface area (TPSA) is 31.6 Å². The Kier molecular flexibility index (Phi) is 3.54. The summed E-state index contributed by atoms with van der Waals surface area (Å²) in [6.07, 6.45) is 0. The van der Waals surface area contributed by atoms with Crippen molar-refractivity contribution in [2.75, 3.05) is 14.2 Å². The molecule has 0 atom stereocenters. The van der Waals surface area contributed by atoms with E-state index in [9.17, 15) is 0 Å². The van der Waals surface area contributed by atoms with Crippen LogP contribution in [0.3, 0.4) is 0 Å². The molecule has 0 amide bonds. The van der Waals surface area contributed by atoms with Crippen LogP contribution in [-0.4, -0.2) is 14.2 Å². The molecule has 27 heavy (non-hydrogen) atoms. The Labute approximate surface area is 156 Å². The van der Waals surface area contributed by atoms with Crippen molar-refractivity contribution >= 4 is 32.7 Å². The molecule has 3 heteroatoms. The Morgan fingerprint density at radius 3 is 2.22 bits per heavy atom. The maximum Gasteiger partial charge on any atom is 0.143 e. The summed E-state index contributed by atoms with van der Waals surface area (Å²) in [4.78, 5) is 0. The molecule has 0 aliphatic heterocycles. The number of hydrogen-bond donors (Lipinski definition) is 0. The maximum absolute atomic E-state index is 6.33. The van der Waals surface area contributed by atoms with Crippen LogP contribution in [0.5, 0.6) is 11.5 Å². The molecular formula is C24H18O3. The summed E-state index contributed by atoms with van der Waals surface area (Å²) in [5, 5.41) is 4.61. The van der Waals surface area contributed by atoms with Crippen LogP contribution in [0.4, 0.5) is 0 Å². The van der Waals surface area contributed by atoms with E-state index >= 15 is 0 Å². The average molecular weight is 354 g/mol. The molecule has 0 N–H and O–H groups in total. The number of fused-ring (bicyclic) bond motifs is 5. The first-order chi connectivity index (χ1) is 13.3. The zero-order valence-corrected chi connectivity index (χ0v) is 15.2. The molecule has 0 radical (unpaired) electrons. The molecule has 0 saturated heterocycles. The molecule has 5 aromatic rings. The van der Waals surface area contributed by atoms with Gasteiger partial charge in [0.2, 0.25) is 0 Å². The van der Waals surface area contributed by atoms with E-state index in [-0.39, 0.29) is 0 Å². The van der Waals surface area contributed by atoms with Gasteiger partial charge in [-0.1, -0.05) is 36.4 Å². The number of benzene rings is 4. The monoisotopic (exact) mass is 354 g/mol. The van der Waals surface area contributed by atoms with Gasteiger partial charge in [0.1, 0.15) is 22.7 Å². The van der Waals surface area contributed by atoms with E-state index in [2.05, 4.69) is 48.5 Å². The van der Waals surface area contributed by atoms with Crippen molar-refractivity contribution in [2.45, 2.75) is 0 Å². The van der Waals surface area contributed by atoms with Gasteiger partial charge in [0.15, 0.2) is 0 Å². The molecule has 1 aromatic heterocycles. The van der Waals surface area contributed by atoms with Crippen LogP contribution in [0, 0.1) is 0 Å². The Bertz CT molecular complexity index is 1280. The first-order valence-corrected chi connectivity index (χ1v) is 8.85. The minimum absolute atomic E-state index is 0.789. The minimum atomic E-state index is 0.789. The lowest BCUT2D eigenvalue weighted by Crippen LogP contribution is -1.84. The average Bonchev–Trinajstić information content (AvgIpc) is 3.12. The molecule has 0 aliphatic carbocycles. The second-order valence-corrected chi connectivity index (χ2v) is 6.54. The summed E-state index contributed by atoms with van der Waals surface area (Å²) in [6, 6.07) is 24.7. The lowest BCUT2D eigenvalue weighted by Gasteiger charge is -2.08. The molecule has 0 unspecified atom stereocenters. The third kappa shape index (κ3) is 2.43. The van der Waals surface area contributed by atoms with Crippen molar-refractivity contribution in [3.8, 4) is 22.6 Å². The molecule has 0 saturated carbocycles. The smallest absolute Gasteiger partial charge is 0.143 e. The highest BCUT2D eigenvalue weighted by Gasteiger charge is 2.16. The van der Waals surface area contributed by atoms with Gasteiger partial charge < -0.3 is 13.9 Å². The Morgan fingerprint density at radius 1 is 0.704 bits per heavy atom. The summed E-state index contributed by atoms with van der Waals surface area (Å²) in [7, 11) is 3.35. The molecule has 1 heterocycles. The molecule has 0 fully saturated rings. The molecule has 0 aliphatic rings. The quantitative estimate of drug-likeness (QED) is 0.374. The van der Waals surface area contributed by atoms with E-state index in [4.69, 9.17) is 13.9 Å². The van der Waals surface area contributed by atoms with Crippen LogP contribution in [0.15, 0.2) is 77.2 Å². The lowest BCUT2D eigenvalue weighted by atomic mass is 9.96. The maximum atomic E-state index is 6.33. The lowest BCUT2D eigenvalue weighted by molar-refractivity contribution is 0.414. The van der Waals surface area contributed by atoms with Crippen LogP contribution in [0.25, 0.3) is 43.8 Å². The summed E-state index contributed by atoms with van der Waals surface area (Å²) in [6.45, 7) is 0. The zero-order chi connectivity index (χ0) is 18.4. The number of methoxy groups -OCH3 is 2. The number of rotatable bonds is 3. The molecule has 0 spiro atoms. The summed E-state index contributed by atoms with van der Waals surface area (Å²) in [5.74, 6) is 1.63. The first kappa shape index (κ1) is 15.8. The van der Waals surface area contributed by atoms with Gasteiger partial charge in [-0.05, 0) is 46.7 Å². The van der Waals surface area contributed by atoms with Gasteiger partial charge in [0.25, 0.3) is 0 Å². The number of furan rings is 1. The molecule has 0 bridgehead atoms. The standard InChI is InChI=1S/C24H18O3/c1-25-17-9-7-15(8-10-17)21-13-16-5-3-4-6-19(16)23-20-12-11-18(26-2)14-22(20)27-24(21)23/h3-14H,1-2H3. The van der Waals surface area contributed by atoms with Gasteiger partial charge in [0, 0.05) is 22.4 Å². The third-order valence-corrected chi connectivity index (χ3v) is 5.07. The zero-order valence-electron chi connectivity index (χ0n) is 15.2. The van der Waals surface area contributed by atoms with Crippen molar-refractivity contribution < 1.29 is 13.9 Å². The Hall–Kier alpha value is -3.46. The van der Waals surface area contributed by atoms with Gasteiger partial charge >= 0.3 is 0 Å². The normalized spacial score (nSPS) is 11.3. The van der Waals surface area contributed by atoms with Crippen molar-refractivity contribution in [3.63, 3.8) is 0 Å².